The minimum Gasteiger partial charge on any atom is -0.497 e. The van der Waals surface area contributed by atoms with Crippen LogP contribution in [-0.4, -0.2) is 65.5 Å². The van der Waals surface area contributed by atoms with E-state index in [1.807, 2.05) is 18.2 Å². The largest absolute Gasteiger partial charge is 0.497 e. The lowest BCUT2D eigenvalue weighted by molar-refractivity contribution is -0.120. The van der Waals surface area contributed by atoms with Gasteiger partial charge in [0.05, 0.1) is 43.4 Å². The van der Waals surface area contributed by atoms with Gasteiger partial charge in [0.15, 0.2) is 11.5 Å². The summed E-state index contributed by atoms with van der Waals surface area (Å²) in [7, 11) is 0.883. The van der Waals surface area contributed by atoms with Crippen molar-refractivity contribution in [2.24, 2.45) is 5.92 Å². The summed E-state index contributed by atoms with van der Waals surface area (Å²) in [6.07, 6.45) is 1.66. The molecule has 3 aromatic carbocycles. The van der Waals surface area contributed by atoms with Gasteiger partial charge >= 0.3 is 0 Å². The van der Waals surface area contributed by atoms with Crippen molar-refractivity contribution in [3.63, 3.8) is 0 Å². The van der Waals surface area contributed by atoms with Crippen LogP contribution in [0.5, 0.6) is 17.2 Å². The highest BCUT2D eigenvalue weighted by Crippen LogP contribution is 2.28. The zero-order valence-corrected chi connectivity index (χ0v) is 24.2. The van der Waals surface area contributed by atoms with Gasteiger partial charge in [-0.15, -0.1) is 0 Å². The Balaban J connectivity index is 1.38. The Morgan fingerprint density at radius 1 is 0.927 bits per heavy atom. The van der Waals surface area contributed by atoms with Crippen molar-refractivity contribution in [2.45, 2.75) is 24.2 Å². The minimum atomic E-state index is -3.77. The molecular weight excluding hydrogens is 546 g/mol. The Hall–Kier alpha value is -4.09. The molecule has 0 spiro atoms. The third-order valence-electron chi connectivity index (χ3n) is 7.03. The average Bonchev–Trinajstić information content (AvgIpc) is 3.01. The number of anilines is 1. The molecule has 10 nitrogen and oxygen atoms in total. The summed E-state index contributed by atoms with van der Waals surface area (Å²) in [4.78, 5) is 26.4. The highest BCUT2D eigenvalue weighted by Gasteiger charge is 2.33. The van der Waals surface area contributed by atoms with Gasteiger partial charge in [-0.2, -0.15) is 4.31 Å². The van der Waals surface area contributed by atoms with Crippen molar-refractivity contribution in [3.8, 4) is 17.2 Å². The summed E-state index contributed by atoms with van der Waals surface area (Å²) in [6, 6.07) is 18.5. The number of ether oxygens (including phenoxy) is 3. The van der Waals surface area contributed by atoms with Gasteiger partial charge in [-0.3, -0.25) is 9.59 Å². The van der Waals surface area contributed by atoms with Gasteiger partial charge in [-0.1, -0.05) is 18.2 Å². The fourth-order valence-electron chi connectivity index (χ4n) is 4.75. The Kier molecular flexibility index (Phi) is 9.85. The van der Waals surface area contributed by atoms with Crippen molar-refractivity contribution in [3.05, 3.63) is 77.9 Å². The molecule has 1 aliphatic rings. The van der Waals surface area contributed by atoms with E-state index >= 15 is 0 Å². The van der Waals surface area contributed by atoms with Crippen molar-refractivity contribution < 1.29 is 32.2 Å². The number of para-hydroxylation sites is 1. The predicted molar refractivity (Wildman–Crippen MR) is 155 cm³/mol. The smallest absolute Gasteiger partial charge is 0.253 e. The Bertz CT molecular complexity index is 1480. The molecule has 1 aliphatic heterocycles. The van der Waals surface area contributed by atoms with Gasteiger partial charge in [-0.05, 0) is 73.4 Å². The van der Waals surface area contributed by atoms with Crippen LogP contribution < -0.4 is 24.8 Å². The summed E-state index contributed by atoms with van der Waals surface area (Å²) >= 11 is 0. The van der Waals surface area contributed by atoms with E-state index in [1.165, 1.54) is 23.5 Å². The molecule has 218 valence electrons. The molecule has 0 radical (unpaired) electrons. The van der Waals surface area contributed by atoms with Crippen LogP contribution in [0, 0.1) is 5.92 Å². The number of amides is 2. The SMILES string of the molecule is COc1ccc(S(=O)(=O)N2CCCC(C(=O)Nc3ccccc3C(=O)NCCc3ccc(OC)c(OC)c3)C2)cc1. The zero-order chi connectivity index (χ0) is 29.4. The maximum atomic E-state index is 13.2. The number of methoxy groups -OCH3 is 3. The molecule has 0 aromatic heterocycles. The maximum absolute atomic E-state index is 13.2. The van der Waals surface area contributed by atoms with Crippen LogP contribution in [0.25, 0.3) is 0 Å². The van der Waals surface area contributed by atoms with Crippen molar-refractivity contribution in [1.29, 1.82) is 0 Å². The summed E-state index contributed by atoms with van der Waals surface area (Å²) in [5.41, 5.74) is 1.67. The van der Waals surface area contributed by atoms with E-state index in [1.54, 1.807) is 50.6 Å². The predicted octanol–water partition coefficient (Wildman–Crippen LogP) is 3.72. The number of rotatable bonds is 11. The monoisotopic (exact) mass is 581 g/mol. The Labute approximate surface area is 240 Å². The van der Waals surface area contributed by atoms with Crippen LogP contribution in [0.1, 0.15) is 28.8 Å². The van der Waals surface area contributed by atoms with Gasteiger partial charge in [0, 0.05) is 19.6 Å². The molecule has 1 heterocycles. The molecule has 11 heteroatoms. The number of carbonyl (C=O) groups is 2. The second kappa shape index (κ2) is 13.5. The molecule has 1 fully saturated rings. The highest BCUT2D eigenvalue weighted by molar-refractivity contribution is 7.89. The normalized spacial score (nSPS) is 15.5. The van der Waals surface area contributed by atoms with Crippen LogP contribution >= 0.6 is 0 Å². The van der Waals surface area contributed by atoms with Gasteiger partial charge < -0.3 is 24.8 Å². The number of carbonyl (C=O) groups excluding carboxylic acids is 2. The average molecular weight is 582 g/mol. The fourth-order valence-corrected chi connectivity index (χ4v) is 6.27. The van der Waals surface area contributed by atoms with E-state index in [0.717, 1.165) is 5.56 Å². The van der Waals surface area contributed by atoms with Crippen LogP contribution in [-0.2, 0) is 21.2 Å². The third-order valence-corrected chi connectivity index (χ3v) is 8.91. The lowest BCUT2D eigenvalue weighted by Gasteiger charge is -2.31. The van der Waals surface area contributed by atoms with Crippen LogP contribution in [0.4, 0.5) is 5.69 Å². The first-order chi connectivity index (χ1) is 19.8. The van der Waals surface area contributed by atoms with Crippen LogP contribution in [0.15, 0.2) is 71.6 Å². The number of hydrogen-bond acceptors (Lipinski definition) is 7. The third kappa shape index (κ3) is 7.17. The van der Waals surface area contributed by atoms with Crippen molar-refractivity contribution >= 4 is 27.5 Å². The molecule has 2 N–H and O–H groups in total. The molecular formula is C30H35N3O7S. The molecule has 2 amide bonds. The first-order valence-electron chi connectivity index (χ1n) is 13.3. The molecule has 0 saturated carbocycles. The Morgan fingerprint density at radius 3 is 2.37 bits per heavy atom. The second-order valence-corrected chi connectivity index (χ2v) is 11.5. The van der Waals surface area contributed by atoms with E-state index < -0.39 is 15.9 Å². The summed E-state index contributed by atoms with van der Waals surface area (Å²) in [6.45, 7) is 0.758. The molecule has 1 atom stereocenters. The Morgan fingerprint density at radius 2 is 1.66 bits per heavy atom. The lowest BCUT2D eigenvalue weighted by atomic mass is 9.98. The number of benzene rings is 3. The number of nitrogens with zero attached hydrogens (tertiary/aromatic N) is 1. The first-order valence-corrected chi connectivity index (χ1v) is 14.7. The van der Waals surface area contributed by atoms with E-state index in [9.17, 15) is 18.0 Å². The quantitative estimate of drug-likeness (QED) is 0.354. The van der Waals surface area contributed by atoms with Crippen LogP contribution in [0.2, 0.25) is 0 Å². The number of hydrogen-bond donors (Lipinski definition) is 2. The minimum absolute atomic E-state index is 0.0554. The van der Waals surface area contributed by atoms with Crippen molar-refractivity contribution in [2.75, 3.05) is 46.3 Å². The number of sulfonamides is 1. The lowest BCUT2D eigenvalue weighted by Crippen LogP contribution is -2.43. The second-order valence-electron chi connectivity index (χ2n) is 9.61. The number of piperidine rings is 1. The van der Waals surface area contributed by atoms with Gasteiger partial charge in [-0.25, -0.2) is 8.42 Å². The molecule has 41 heavy (non-hydrogen) atoms. The molecule has 1 saturated heterocycles. The highest BCUT2D eigenvalue weighted by atomic mass is 32.2. The summed E-state index contributed by atoms with van der Waals surface area (Å²) < 4.78 is 43.5. The molecule has 3 aromatic rings. The van der Waals surface area contributed by atoms with Crippen LogP contribution in [0.3, 0.4) is 0 Å². The molecule has 4 rings (SSSR count). The fraction of sp³-hybridized carbons (Fsp3) is 0.333. The van der Waals surface area contributed by atoms with E-state index in [2.05, 4.69) is 10.6 Å². The molecule has 0 aliphatic carbocycles. The van der Waals surface area contributed by atoms with Crippen molar-refractivity contribution in [1.82, 2.24) is 9.62 Å². The first kappa shape index (κ1) is 29.9. The van der Waals surface area contributed by atoms with E-state index in [-0.39, 0.29) is 23.3 Å². The molecule has 1 unspecified atom stereocenters. The number of nitrogens with one attached hydrogen (secondary N) is 2. The topological polar surface area (TPSA) is 123 Å². The van der Waals surface area contributed by atoms with Gasteiger partial charge in [0.1, 0.15) is 5.75 Å². The van der Waals surface area contributed by atoms with E-state index in [4.69, 9.17) is 14.2 Å². The zero-order valence-electron chi connectivity index (χ0n) is 23.4. The molecule has 0 bridgehead atoms. The summed E-state index contributed by atoms with van der Waals surface area (Å²) in [5, 5.41) is 5.76. The standard InChI is InChI=1S/C30H35N3O7S/c1-38-23-11-13-24(14-12-23)41(36,37)33-18-6-7-22(20-33)29(34)32-26-9-5-4-8-25(26)30(35)31-17-16-21-10-15-27(39-2)28(19-21)40-3/h4-5,8-15,19,22H,6-7,16-18,20H2,1-3H3,(H,31,35)(H,32,34). The maximum Gasteiger partial charge on any atom is 0.253 e. The van der Waals surface area contributed by atoms with Gasteiger partial charge in [0.2, 0.25) is 15.9 Å². The summed E-state index contributed by atoms with van der Waals surface area (Å²) in [5.74, 6) is 0.590. The van der Waals surface area contributed by atoms with Gasteiger partial charge in [0.25, 0.3) is 5.91 Å². The van der Waals surface area contributed by atoms with E-state index in [0.29, 0.717) is 60.9 Å².